The summed E-state index contributed by atoms with van der Waals surface area (Å²) in [5.41, 5.74) is 3.24. The fourth-order valence-corrected chi connectivity index (χ4v) is 2.49. The van der Waals surface area contributed by atoms with Crippen molar-refractivity contribution in [1.82, 2.24) is 15.0 Å². The van der Waals surface area contributed by atoms with Crippen LogP contribution in [0.2, 0.25) is 5.02 Å². The molecule has 0 saturated heterocycles. The van der Waals surface area contributed by atoms with Gasteiger partial charge in [0.2, 0.25) is 5.95 Å². The average Bonchev–Trinajstić information content (AvgIpc) is 2.65. The zero-order valence-electron chi connectivity index (χ0n) is 14.6. The maximum absolute atomic E-state index is 9.28. The molecular formula is C19H20ClN5O. The van der Waals surface area contributed by atoms with Crippen molar-refractivity contribution in [2.45, 2.75) is 19.9 Å². The Kier molecular flexibility index (Phi) is 5.65. The summed E-state index contributed by atoms with van der Waals surface area (Å²) >= 11 is 6.20. The van der Waals surface area contributed by atoms with Crippen LogP contribution in [-0.4, -0.2) is 32.7 Å². The van der Waals surface area contributed by atoms with Crippen LogP contribution >= 0.6 is 11.6 Å². The number of aryl methyl sites for hydroxylation is 1. The van der Waals surface area contributed by atoms with Gasteiger partial charge in [0.1, 0.15) is 5.82 Å². The highest BCUT2D eigenvalue weighted by Gasteiger charge is 2.10. The topological polar surface area (TPSA) is 83.0 Å². The highest BCUT2D eigenvalue weighted by atomic mass is 35.5. The van der Waals surface area contributed by atoms with Crippen LogP contribution in [0.25, 0.3) is 11.4 Å². The molecule has 0 fully saturated rings. The number of halogens is 1. The molecule has 26 heavy (non-hydrogen) atoms. The van der Waals surface area contributed by atoms with E-state index in [2.05, 4.69) is 25.6 Å². The third-order valence-electron chi connectivity index (χ3n) is 3.75. The fraction of sp³-hybridized carbons (Fsp3) is 0.211. The standard InChI is InChI=1S/C19H20ClN5O/c1-12-6-7-14(9-15(12)20)23-18-10-17(16-5-3-4-8-21-16)24-19(25-18)22-13(2)11-26/h3-10,13,26H,11H2,1-2H3,(H2,22,23,24,25)/t13-/m1/s1. The maximum Gasteiger partial charge on any atom is 0.225 e. The first-order valence-corrected chi connectivity index (χ1v) is 8.64. The number of rotatable bonds is 6. The second-order valence-corrected chi connectivity index (χ2v) is 6.40. The summed E-state index contributed by atoms with van der Waals surface area (Å²) in [4.78, 5) is 13.3. The zero-order chi connectivity index (χ0) is 18.5. The summed E-state index contributed by atoms with van der Waals surface area (Å²) in [6, 6.07) is 13.0. The molecule has 0 bridgehead atoms. The van der Waals surface area contributed by atoms with Gasteiger partial charge in [-0.05, 0) is 43.7 Å². The summed E-state index contributed by atoms with van der Waals surface area (Å²) in [6.07, 6.45) is 1.72. The average molecular weight is 370 g/mol. The molecule has 134 valence electrons. The normalized spacial score (nSPS) is 11.8. The third-order valence-corrected chi connectivity index (χ3v) is 4.15. The first-order valence-electron chi connectivity index (χ1n) is 8.26. The van der Waals surface area contributed by atoms with Crippen LogP contribution in [0.3, 0.4) is 0 Å². The Hall–Kier alpha value is -2.70. The Bertz CT molecular complexity index is 888. The number of benzene rings is 1. The number of nitrogens with zero attached hydrogens (tertiary/aromatic N) is 3. The van der Waals surface area contributed by atoms with E-state index in [-0.39, 0.29) is 12.6 Å². The minimum absolute atomic E-state index is 0.0203. The lowest BCUT2D eigenvalue weighted by molar-refractivity contribution is 0.281. The van der Waals surface area contributed by atoms with Crippen LogP contribution in [0.1, 0.15) is 12.5 Å². The summed E-state index contributed by atoms with van der Waals surface area (Å²) < 4.78 is 0. The second kappa shape index (κ2) is 8.12. The van der Waals surface area contributed by atoms with E-state index in [0.717, 1.165) is 16.9 Å². The van der Waals surface area contributed by atoms with Gasteiger partial charge in [0, 0.05) is 29.0 Å². The largest absolute Gasteiger partial charge is 0.394 e. The van der Waals surface area contributed by atoms with E-state index in [4.69, 9.17) is 11.6 Å². The monoisotopic (exact) mass is 369 g/mol. The van der Waals surface area contributed by atoms with Crippen molar-refractivity contribution in [1.29, 1.82) is 0 Å². The minimum atomic E-state index is -0.171. The van der Waals surface area contributed by atoms with E-state index < -0.39 is 0 Å². The zero-order valence-corrected chi connectivity index (χ0v) is 15.3. The van der Waals surface area contributed by atoms with Crippen molar-refractivity contribution < 1.29 is 5.11 Å². The van der Waals surface area contributed by atoms with Gasteiger partial charge in [-0.1, -0.05) is 23.7 Å². The van der Waals surface area contributed by atoms with Crippen LogP contribution in [0.15, 0.2) is 48.7 Å². The quantitative estimate of drug-likeness (QED) is 0.608. The Labute approximate surface area is 157 Å². The van der Waals surface area contributed by atoms with Crippen molar-refractivity contribution in [3.8, 4) is 11.4 Å². The molecule has 0 unspecified atom stereocenters. The van der Waals surface area contributed by atoms with Gasteiger partial charge in [0.05, 0.1) is 18.0 Å². The SMILES string of the molecule is Cc1ccc(Nc2cc(-c3ccccn3)nc(N[C@H](C)CO)n2)cc1Cl. The van der Waals surface area contributed by atoms with E-state index in [9.17, 15) is 5.11 Å². The summed E-state index contributed by atoms with van der Waals surface area (Å²) in [6.45, 7) is 3.78. The van der Waals surface area contributed by atoms with Crippen LogP contribution in [0.4, 0.5) is 17.5 Å². The van der Waals surface area contributed by atoms with E-state index in [1.165, 1.54) is 0 Å². The molecule has 2 aromatic heterocycles. The first-order chi connectivity index (χ1) is 12.5. The number of aliphatic hydroxyl groups excluding tert-OH is 1. The molecule has 0 aliphatic carbocycles. The molecule has 7 heteroatoms. The molecule has 0 spiro atoms. The molecule has 1 aromatic carbocycles. The Balaban J connectivity index is 1.97. The van der Waals surface area contributed by atoms with Crippen molar-refractivity contribution in [2.24, 2.45) is 0 Å². The number of anilines is 3. The van der Waals surface area contributed by atoms with E-state index in [1.807, 2.05) is 56.3 Å². The molecule has 3 aromatic rings. The van der Waals surface area contributed by atoms with Crippen LogP contribution in [0.5, 0.6) is 0 Å². The van der Waals surface area contributed by atoms with Crippen LogP contribution in [0, 0.1) is 6.92 Å². The van der Waals surface area contributed by atoms with Crippen molar-refractivity contribution >= 4 is 29.1 Å². The number of hydrogen-bond acceptors (Lipinski definition) is 6. The number of pyridine rings is 1. The molecule has 0 aliphatic heterocycles. The van der Waals surface area contributed by atoms with Gasteiger partial charge in [0.15, 0.2) is 0 Å². The van der Waals surface area contributed by atoms with Crippen LogP contribution in [-0.2, 0) is 0 Å². The van der Waals surface area contributed by atoms with Gasteiger partial charge in [-0.25, -0.2) is 4.98 Å². The van der Waals surface area contributed by atoms with Crippen molar-refractivity contribution in [3.63, 3.8) is 0 Å². The predicted molar refractivity (Wildman–Crippen MR) is 105 cm³/mol. The van der Waals surface area contributed by atoms with Gasteiger partial charge in [0.25, 0.3) is 0 Å². The van der Waals surface area contributed by atoms with E-state index in [1.54, 1.807) is 6.20 Å². The molecule has 0 aliphatic rings. The minimum Gasteiger partial charge on any atom is -0.394 e. The van der Waals surface area contributed by atoms with Gasteiger partial charge in [-0.3, -0.25) is 4.98 Å². The third kappa shape index (κ3) is 4.47. The molecule has 6 nitrogen and oxygen atoms in total. The lowest BCUT2D eigenvalue weighted by Gasteiger charge is -2.14. The highest BCUT2D eigenvalue weighted by molar-refractivity contribution is 6.31. The molecule has 0 amide bonds. The van der Waals surface area contributed by atoms with E-state index >= 15 is 0 Å². The molecular weight excluding hydrogens is 350 g/mol. The number of aromatic nitrogens is 3. The van der Waals surface area contributed by atoms with E-state index in [0.29, 0.717) is 22.5 Å². The van der Waals surface area contributed by atoms with Crippen LogP contribution < -0.4 is 10.6 Å². The Morgan fingerprint density at radius 2 is 1.96 bits per heavy atom. The molecule has 3 N–H and O–H groups in total. The van der Waals surface area contributed by atoms with Gasteiger partial charge in [-0.15, -0.1) is 0 Å². The Morgan fingerprint density at radius 1 is 1.12 bits per heavy atom. The molecule has 0 radical (unpaired) electrons. The molecule has 3 rings (SSSR count). The maximum atomic E-state index is 9.28. The summed E-state index contributed by atoms with van der Waals surface area (Å²) in [5, 5.41) is 16.3. The smallest absolute Gasteiger partial charge is 0.225 e. The Morgan fingerprint density at radius 3 is 2.65 bits per heavy atom. The summed E-state index contributed by atoms with van der Waals surface area (Å²) in [7, 11) is 0. The highest BCUT2D eigenvalue weighted by Crippen LogP contribution is 2.25. The van der Waals surface area contributed by atoms with Gasteiger partial charge < -0.3 is 15.7 Å². The number of nitrogens with one attached hydrogen (secondary N) is 2. The number of aliphatic hydroxyl groups is 1. The lowest BCUT2D eigenvalue weighted by atomic mass is 10.2. The predicted octanol–water partition coefficient (Wildman–Crippen LogP) is 4.04. The molecule has 0 saturated carbocycles. The number of hydrogen-bond donors (Lipinski definition) is 3. The van der Waals surface area contributed by atoms with Gasteiger partial charge >= 0.3 is 0 Å². The molecule has 2 heterocycles. The van der Waals surface area contributed by atoms with Crippen molar-refractivity contribution in [3.05, 3.63) is 59.2 Å². The second-order valence-electron chi connectivity index (χ2n) is 5.99. The molecule has 1 atom stereocenters. The summed E-state index contributed by atoms with van der Waals surface area (Å²) in [5.74, 6) is 1.02. The first kappa shape index (κ1) is 18.1. The van der Waals surface area contributed by atoms with Gasteiger partial charge in [-0.2, -0.15) is 4.98 Å². The van der Waals surface area contributed by atoms with Crippen molar-refractivity contribution in [2.75, 3.05) is 17.2 Å². The fourth-order valence-electron chi connectivity index (χ4n) is 2.31. The lowest BCUT2D eigenvalue weighted by Crippen LogP contribution is -2.21.